The Morgan fingerprint density at radius 2 is 1.77 bits per heavy atom. The van der Waals surface area contributed by atoms with E-state index in [1.807, 2.05) is 53.2 Å². The molecule has 0 fully saturated rings. The number of nitrogens with zero attached hydrogens (tertiary/aromatic N) is 3. The van der Waals surface area contributed by atoms with Crippen LogP contribution in [0.1, 0.15) is 43.0 Å². The molecule has 0 bridgehead atoms. The van der Waals surface area contributed by atoms with E-state index in [4.69, 9.17) is 0 Å². The van der Waals surface area contributed by atoms with Crippen LogP contribution in [0.5, 0.6) is 0 Å². The van der Waals surface area contributed by atoms with Crippen molar-refractivity contribution < 1.29 is 9.59 Å². The van der Waals surface area contributed by atoms with E-state index in [0.717, 1.165) is 36.3 Å². The molecular weight excluding hydrogens is 440 g/mol. The third-order valence-corrected chi connectivity index (χ3v) is 6.26. The van der Waals surface area contributed by atoms with Gasteiger partial charge in [-0.3, -0.25) is 14.3 Å². The van der Waals surface area contributed by atoms with Gasteiger partial charge in [-0.15, -0.1) is 5.10 Å². The summed E-state index contributed by atoms with van der Waals surface area (Å²) < 4.78 is 1.85. The van der Waals surface area contributed by atoms with Crippen LogP contribution in [0.2, 0.25) is 0 Å². The second-order valence-electron chi connectivity index (χ2n) is 8.98. The van der Waals surface area contributed by atoms with Crippen molar-refractivity contribution in [2.45, 2.75) is 26.1 Å². The highest BCUT2D eigenvalue weighted by atomic mass is 16.2. The van der Waals surface area contributed by atoms with Gasteiger partial charge >= 0.3 is 0 Å². The van der Waals surface area contributed by atoms with Crippen molar-refractivity contribution in [2.75, 3.05) is 18.9 Å². The Hall–Kier alpha value is -4.17. The summed E-state index contributed by atoms with van der Waals surface area (Å²) in [4.78, 5) is 27.7. The Kier molecular flexibility index (Phi) is 6.45. The van der Waals surface area contributed by atoms with Crippen LogP contribution in [0.4, 0.5) is 5.69 Å². The maximum atomic E-state index is 12.9. The minimum absolute atomic E-state index is 0.158. The van der Waals surface area contributed by atoms with Crippen molar-refractivity contribution in [1.82, 2.24) is 25.2 Å². The Morgan fingerprint density at radius 3 is 2.54 bits per heavy atom. The molecule has 3 aromatic carbocycles. The Bertz CT molecular complexity index is 1330. The number of H-pyrrole nitrogens is 1. The highest BCUT2D eigenvalue weighted by Gasteiger charge is 2.15. The van der Waals surface area contributed by atoms with E-state index in [1.54, 1.807) is 12.4 Å². The average Bonchev–Trinajstić information content (AvgIpc) is 2.85. The molecule has 2 heterocycles. The van der Waals surface area contributed by atoms with E-state index in [1.165, 1.54) is 11.1 Å². The molecule has 0 aliphatic carbocycles. The largest absolute Gasteiger partial charge is 0.348 e. The van der Waals surface area contributed by atoms with Gasteiger partial charge in [-0.1, -0.05) is 30.3 Å². The van der Waals surface area contributed by atoms with Gasteiger partial charge in [0.25, 0.3) is 11.8 Å². The standard InChI is InChI=1S/C27H28N6O2/c1-32-12-11-21-9-10-25(14-24(21)17-32)30-27(35)23-4-2-3-20(13-23)15-28-26(34)22-7-5-19(6-8-22)16-33-18-29-31-33/h2-10,13-14,18,31H,11-12,15-17H2,1H3,(H,28,34)(H,30,35). The predicted molar refractivity (Wildman–Crippen MR) is 134 cm³/mol. The number of aromatic nitrogens is 3. The maximum Gasteiger partial charge on any atom is 0.255 e. The first-order chi connectivity index (χ1) is 17.0. The third kappa shape index (κ3) is 5.50. The fraction of sp³-hybridized carbons (Fsp3) is 0.222. The van der Waals surface area contributed by atoms with Gasteiger partial charge in [0, 0.05) is 36.4 Å². The van der Waals surface area contributed by atoms with Crippen LogP contribution in [0.15, 0.2) is 73.1 Å². The van der Waals surface area contributed by atoms with Crippen LogP contribution in [0.3, 0.4) is 0 Å². The molecule has 0 saturated heterocycles. The first-order valence-corrected chi connectivity index (χ1v) is 11.7. The quantitative estimate of drug-likeness (QED) is 0.387. The number of rotatable bonds is 7. The van der Waals surface area contributed by atoms with Crippen LogP contribution in [0.25, 0.3) is 0 Å². The van der Waals surface area contributed by atoms with Gasteiger partial charge in [0.1, 0.15) is 6.33 Å². The molecule has 1 aromatic heterocycles. The molecule has 178 valence electrons. The van der Waals surface area contributed by atoms with Crippen LogP contribution in [-0.2, 0) is 26.1 Å². The number of carbonyl (C=O) groups excluding carboxylic acids is 2. The fourth-order valence-corrected chi connectivity index (χ4v) is 4.26. The van der Waals surface area contributed by atoms with Gasteiger partial charge in [0.15, 0.2) is 0 Å². The average molecular weight is 469 g/mol. The zero-order valence-electron chi connectivity index (χ0n) is 19.6. The summed E-state index contributed by atoms with van der Waals surface area (Å²) in [5.74, 6) is -0.325. The van der Waals surface area contributed by atoms with Gasteiger partial charge < -0.3 is 15.5 Å². The molecule has 5 rings (SSSR count). The molecule has 35 heavy (non-hydrogen) atoms. The predicted octanol–water partition coefficient (Wildman–Crippen LogP) is 3.43. The summed E-state index contributed by atoms with van der Waals surface area (Å²) in [6.07, 6.45) is 2.74. The summed E-state index contributed by atoms with van der Waals surface area (Å²) in [6.45, 7) is 2.96. The number of carbonyl (C=O) groups is 2. The molecular formula is C27H28N6O2. The molecule has 0 saturated carbocycles. The van der Waals surface area contributed by atoms with Crippen LogP contribution >= 0.6 is 0 Å². The van der Waals surface area contributed by atoms with Gasteiger partial charge in [-0.2, -0.15) is 0 Å². The minimum Gasteiger partial charge on any atom is -0.348 e. The summed E-state index contributed by atoms with van der Waals surface area (Å²) in [7, 11) is 2.11. The first-order valence-electron chi connectivity index (χ1n) is 11.7. The zero-order valence-corrected chi connectivity index (χ0v) is 19.6. The molecule has 8 heteroatoms. The smallest absolute Gasteiger partial charge is 0.255 e. The van der Waals surface area contributed by atoms with E-state index in [2.05, 4.69) is 45.0 Å². The van der Waals surface area contributed by atoms with Crippen LogP contribution in [0, 0.1) is 0 Å². The highest BCUT2D eigenvalue weighted by Crippen LogP contribution is 2.22. The normalized spacial score (nSPS) is 13.3. The van der Waals surface area contributed by atoms with Crippen molar-refractivity contribution in [3.63, 3.8) is 0 Å². The summed E-state index contributed by atoms with van der Waals surface area (Å²) in [6, 6.07) is 20.9. The highest BCUT2D eigenvalue weighted by molar-refractivity contribution is 6.04. The van der Waals surface area contributed by atoms with Gasteiger partial charge in [-0.25, -0.2) is 5.21 Å². The second kappa shape index (κ2) is 9.99. The Balaban J connectivity index is 1.18. The lowest BCUT2D eigenvalue weighted by atomic mass is 9.99. The number of likely N-dealkylation sites (N-methyl/N-ethyl adjacent to an activating group) is 1. The van der Waals surface area contributed by atoms with E-state index < -0.39 is 0 Å². The minimum atomic E-state index is -0.167. The molecule has 4 aromatic rings. The van der Waals surface area contributed by atoms with Gasteiger partial charge in [-0.05, 0) is 72.1 Å². The molecule has 2 amide bonds. The van der Waals surface area contributed by atoms with Crippen molar-refractivity contribution in [2.24, 2.45) is 0 Å². The fourth-order valence-electron chi connectivity index (χ4n) is 4.26. The summed E-state index contributed by atoms with van der Waals surface area (Å²) in [5, 5.41) is 12.6. The van der Waals surface area contributed by atoms with E-state index in [9.17, 15) is 9.59 Å². The number of amides is 2. The zero-order chi connectivity index (χ0) is 24.2. The van der Waals surface area contributed by atoms with Crippen molar-refractivity contribution >= 4 is 17.5 Å². The molecule has 8 nitrogen and oxygen atoms in total. The summed E-state index contributed by atoms with van der Waals surface area (Å²) in [5.41, 5.74) is 6.47. The van der Waals surface area contributed by atoms with Crippen molar-refractivity contribution in [3.05, 3.63) is 106 Å². The van der Waals surface area contributed by atoms with Crippen LogP contribution < -0.4 is 10.6 Å². The molecule has 1 aliphatic heterocycles. The lowest BCUT2D eigenvalue weighted by molar-refractivity contribution is 0.0950. The van der Waals surface area contributed by atoms with Gasteiger partial charge in [0.05, 0.1) is 6.54 Å². The molecule has 0 atom stereocenters. The molecule has 0 radical (unpaired) electrons. The number of aromatic amines is 1. The van der Waals surface area contributed by atoms with Crippen LogP contribution in [-0.4, -0.2) is 45.3 Å². The van der Waals surface area contributed by atoms with Crippen molar-refractivity contribution in [3.8, 4) is 0 Å². The SMILES string of the molecule is CN1CCc2ccc(NC(=O)c3cccc(CNC(=O)c4ccc(Cn5cn[nH]5)cc4)c3)cc2C1. The topological polar surface area (TPSA) is 95.1 Å². The van der Waals surface area contributed by atoms with Gasteiger partial charge in [0.2, 0.25) is 0 Å². The monoisotopic (exact) mass is 468 g/mol. The Morgan fingerprint density at radius 1 is 0.943 bits per heavy atom. The number of fused-ring (bicyclic) bond motifs is 1. The number of anilines is 1. The van der Waals surface area contributed by atoms with E-state index in [-0.39, 0.29) is 11.8 Å². The second-order valence-corrected chi connectivity index (χ2v) is 8.98. The lowest BCUT2D eigenvalue weighted by Crippen LogP contribution is -2.26. The molecule has 0 spiro atoms. The first kappa shape index (κ1) is 22.6. The molecule has 1 aliphatic rings. The number of benzene rings is 3. The number of nitrogens with one attached hydrogen (secondary N) is 3. The Labute approximate surface area is 203 Å². The summed E-state index contributed by atoms with van der Waals surface area (Å²) >= 11 is 0. The van der Waals surface area contributed by atoms with Crippen molar-refractivity contribution in [1.29, 1.82) is 0 Å². The maximum absolute atomic E-state index is 12.9. The molecule has 3 N–H and O–H groups in total. The third-order valence-electron chi connectivity index (χ3n) is 6.26. The number of hydrogen-bond acceptors (Lipinski definition) is 4. The number of hydrogen-bond donors (Lipinski definition) is 3. The lowest BCUT2D eigenvalue weighted by Gasteiger charge is -2.25. The van der Waals surface area contributed by atoms with E-state index in [0.29, 0.717) is 24.2 Å². The molecule has 0 unspecified atom stereocenters. The van der Waals surface area contributed by atoms with E-state index >= 15 is 0 Å².